The van der Waals surface area contributed by atoms with Gasteiger partial charge in [-0.15, -0.1) is 0 Å². The van der Waals surface area contributed by atoms with Crippen LogP contribution in [0.3, 0.4) is 0 Å². The maximum absolute atomic E-state index is 13.3. The Balaban J connectivity index is 1.82. The number of anilines is 1. The second-order valence-corrected chi connectivity index (χ2v) is 4.02. The van der Waals surface area contributed by atoms with Crippen LogP contribution in [-0.4, -0.2) is 13.2 Å². The lowest BCUT2D eigenvalue weighted by atomic mass is 10.2. The molecule has 0 spiro atoms. The molecule has 0 aliphatic heterocycles. The van der Waals surface area contributed by atoms with Crippen molar-refractivity contribution in [3.8, 4) is 17.6 Å². The summed E-state index contributed by atoms with van der Waals surface area (Å²) in [6.07, 6.45) is 0. The molecular formula is C15H13FN2O2. The van der Waals surface area contributed by atoms with Gasteiger partial charge in [-0.1, -0.05) is 6.07 Å². The van der Waals surface area contributed by atoms with Gasteiger partial charge in [0.15, 0.2) is 0 Å². The van der Waals surface area contributed by atoms with Crippen molar-refractivity contribution in [3.63, 3.8) is 0 Å². The van der Waals surface area contributed by atoms with Crippen molar-refractivity contribution in [1.82, 2.24) is 0 Å². The van der Waals surface area contributed by atoms with E-state index < -0.39 is 5.82 Å². The third-order valence-corrected chi connectivity index (χ3v) is 2.54. The lowest BCUT2D eigenvalue weighted by Gasteiger charge is -2.09. The molecule has 0 aliphatic rings. The number of hydrogen-bond donors (Lipinski definition) is 1. The molecule has 0 bridgehead atoms. The fourth-order valence-corrected chi connectivity index (χ4v) is 1.60. The first-order valence-electron chi connectivity index (χ1n) is 6.00. The summed E-state index contributed by atoms with van der Waals surface area (Å²) in [5.74, 6) is 0.416. The first-order chi connectivity index (χ1) is 9.69. The molecule has 2 N–H and O–H groups in total. The summed E-state index contributed by atoms with van der Waals surface area (Å²) in [7, 11) is 0. The van der Waals surface area contributed by atoms with Gasteiger partial charge in [-0.05, 0) is 24.3 Å². The van der Waals surface area contributed by atoms with E-state index in [2.05, 4.69) is 0 Å². The third kappa shape index (κ3) is 3.62. The van der Waals surface area contributed by atoms with Gasteiger partial charge >= 0.3 is 0 Å². The zero-order valence-corrected chi connectivity index (χ0v) is 10.7. The summed E-state index contributed by atoms with van der Waals surface area (Å²) in [5.41, 5.74) is 6.24. The molecule has 0 amide bonds. The summed E-state index contributed by atoms with van der Waals surface area (Å²) in [5, 5.41) is 8.61. The van der Waals surface area contributed by atoms with Gasteiger partial charge in [-0.3, -0.25) is 0 Å². The normalized spacial score (nSPS) is 9.80. The molecule has 0 atom stereocenters. The lowest BCUT2D eigenvalue weighted by molar-refractivity contribution is 0.216. The highest BCUT2D eigenvalue weighted by Crippen LogP contribution is 2.17. The predicted octanol–water partition coefficient (Wildman–Crippen LogP) is 2.74. The van der Waals surface area contributed by atoms with Gasteiger partial charge in [0.25, 0.3) is 0 Å². The van der Waals surface area contributed by atoms with Crippen LogP contribution in [0, 0.1) is 17.1 Å². The Labute approximate surface area is 116 Å². The first-order valence-corrected chi connectivity index (χ1v) is 6.00. The van der Waals surface area contributed by atoms with E-state index in [4.69, 9.17) is 20.5 Å². The van der Waals surface area contributed by atoms with E-state index in [9.17, 15) is 4.39 Å². The van der Waals surface area contributed by atoms with Gasteiger partial charge in [0, 0.05) is 17.8 Å². The minimum atomic E-state index is -0.596. The standard InChI is InChI=1S/C15H13FN2O2/c16-15-9-14(5-4-11(15)10-17)20-7-6-19-13-3-1-2-12(18)8-13/h1-5,8-9H,6-7,18H2. The molecule has 102 valence electrons. The molecule has 0 saturated heterocycles. The van der Waals surface area contributed by atoms with E-state index >= 15 is 0 Å². The van der Waals surface area contributed by atoms with Gasteiger partial charge in [-0.25, -0.2) is 4.39 Å². The number of nitrogens with zero attached hydrogens (tertiary/aromatic N) is 1. The number of rotatable bonds is 5. The largest absolute Gasteiger partial charge is 0.490 e. The molecule has 2 aromatic carbocycles. The van der Waals surface area contributed by atoms with Crippen LogP contribution in [0.5, 0.6) is 11.5 Å². The Morgan fingerprint density at radius 2 is 1.75 bits per heavy atom. The zero-order valence-electron chi connectivity index (χ0n) is 10.7. The maximum Gasteiger partial charge on any atom is 0.144 e. The minimum absolute atomic E-state index is 0.00615. The number of nitrogen functional groups attached to an aromatic ring is 1. The van der Waals surface area contributed by atoms with Gasteiger partial charge in [-0.2, -0.15) is 5.26 Å². The van der Waals surface area contributed by atoms with E-state index in [0.29, 0.717) is 23.8 Å². The number of nitrogens with two attached hydrogens (primary N) is 1. The van der Waals surface area contributed by atoms with Crippen molar-refractivity contribution in [2.45, 2.75) is 0 Å². The van der Waals surface area contributed by atoms with Crippen molar-refractivity contribution in [2.75, 3.05) is 18.9 Å². The maximum atomic E-state index is 13.3. The molecule has 0 radical (unpaired) electrons. The summed E-state index contributed by atoms with van der Waals surface area (Å²) in [6.45, 7) is 0.575. The molecular weight excluding hydrogens is 259 g/mol. The Morgan fingerprint density at radius 1 is 1.05 bits per heavy atom. The van der Waals surface area contributed by atoms with Gasteiger partial charge in [0.1, 0.15) is 36.6 Å². The molecule has 0 aromatic heterocycles. The number of benzene rings is 2. The second kappa shape index (κ2) is 6.43. The molecule has 5 heteroatoms. The summed E-state index contributed by atoms with van der Waals surface area (Å²) in [6, 6.07) is 12.9. The highest BCUT2D eigenvalue weighted by atomic mass is 19.1. The number of nitriles is 1. The van der Waals surface area contributed by atoms with E-state index in [-0.39, 0.29) is 12.2 Å². The van der Waals surface area contributed by atoms with Crippen molar-refractivity contribution in [3.05, 3.63) is 53.8 Å². The molecule has 0 aliphatic carbocycles. The molecule has 0 saturated carbocycles. The molecule has 0 unspecified atom stereocenters. The fourth-order valence-electron chi connectivity index (χ4n) is 1.60. The Hall–Kier alpha value is -2.74. The van der Waals surface area contributed by atoms with Crippen LogP contribution in [0.25, 0.3) is 0 Å². The topological polar surface area (TPSA) is 68.3 Å². The summed E-state index contributed by atoms with van der Waals surface area (Å²) < 4.78 is 24.1. The minimum Gasteiger partial charge on any atom is -0.490 e. The van der Waals surface area contributed by atoms with E-state index in [1.54, 1.807) is 36.4 Å². The van der Waals surface area contributed by atoms with Crippen LogP contribution in [0.1, 0.15) is 5.56 Å². The van der Waals surface area contributed by atoms with Gasteiger partial charge in [0.2, 0.25) is 0 Å². The summed E-state index contributed by atoms with van der Waals surface area (Å²) in [4.78, 5) is 0. The Kier molecular flexibility index (Phi) is 4.40. The SMILES string of the molecule is N#Cc1ccc(OCCOc2cccc(N)c2)cc1F. The Morgan fingerprint density at radius 3 is 2.35 bits per heavy atom. The zero-order chi connectivity index (χ0) is 14.4. The van der Waals surface area contributed by atoms with Crippen molar-refractivity contribution >= 4 is 5.69 Å². The van der Waals surface area contributed by atoms with E-state index in [1.165, 1.54) is 12.1 Å². The average Bonchev–Trinajstić information content (AvgIpc) is 2.44. The average molecular weight is 272 g/mol. The monoisotopic (exact) mass is 272 g/mol. The quantitative estimate of drug-likeness (QED) is 0.671. The molecule has 20 heavy (non-hydrogen) atoms. The first kappa shape index (κ1) is 13.7. The number of hydrogen-bond acceptors (Lipinski definition) is 4. The lowest BCUT2D eigenvalue weighted by Crippen LogP contribution is -2.09. The molecule has 0 fully saturated rings. The van der Waals surface area contributed by atoms with Gasteiger partial charge in [0.05, 0.1) is 5.56 Å². The van der Waals surface area contributed by atoms with Crippen molar-refractivity contribution in [2.24, 2.45) is 0 Å². The van der Waals surface area contributed by atoms with Crippen LogP contribution in [-0.2, 0) is 0 Å². The molecule has 0 heterocycles. The van der Waals surface area contributed by atoms with E-state index in [1.807, 2.05) is 0 Å². The van der Waals surface area contributed by atoms with Crippen LogP contribution in [0.15, 0.2) is 42.5 Å². The van der Waals surface area contributed by atoms with Crippen LogP contribution >= 0.6 is 0 Å². The van der Waals surface area contributed by atoms with Gasteiger partial charge < -0.3 is 15.2 Å². The number of halogens is 1. The van der Waals surface area contributed by atoms with Crippen LogP contribution in [0.4, 0.5) is 10.1 Å². The molecule has 4 nitrogen and oxygen atoms in total. The molecule has 2 rings (SSSR count). The summed E-state index contributed by atoms with van der Waals surface area (Å²) >= 11 is 0. The smallest absolute Gasteiger partial charge is 0.144 e. The highest BCUT2D eigenvalue weighted by molar-refractivity contribution is 5.43. The molecule has 2 aromatic rings. The van der Waals surface area contributed by atoms with Crippen molar-refractivity contribution in [1.29, 1.82) is 5.26 Å². The highest BCUT2D eigenvalue weighted by Gasteiger charge is 2.03. The third-order valence-electron chi connectivity index (χ3n) is 2.54. The predicted molar refractivity (Wildman–Crippen MR) is 73.0 cm³/mol. The fraction of sp³-hybridized carbons (Fsp3) is 0.133. The van der Waals surface area contributed by atoms with E-state index in [0.717, 1.165) is 0 Å². The second-order valence-electron chi connectivity index (χ2n) is 4.02. The van der Waals surface area contributed by atoms with Crippen LogP contribution in [0.2, 0.25) is 0 Å². The number of ether oxygens (including phenoxy) is 2. The Bertz CT molecular complexity index is 638. The van der Waals surface area contributed by atoms with Crippen LogP contribution < -0.4 is 15.2 Å². The van der Waals surface area contributed by atoms with Crippen molar-refractivity contribution < 1.29 is 13.9 Å².